The number of benzene rings is 3. The molecule has 138 valence electrons. The third kappa shape index (κ3) is 3.05. The summed E-state index contributed by atoms with van der Waals surface area (Å²) in [5, 5.41) is 12.0. The van der Waals surface area contributed by atoms with Crippen LogP contribution in [-0.2, 0) is 9.84 Å². The summed E-state index contributed by atoms with van der Waals surface area (Å²) in [5.41, 5.74) is 0.576. The molecule has 0 radical (unpaired) electrons. The van der Waals surface area contributed by atoms with Crippen molar-refractivity contribution in [2.75, 3.05) is 20.2 Å². The van der Waals surface area contributed by atoms with Gasteiger partial charge in [0.25, 0.3) is 0 Å². The van der Waals surface area contributed by atoms with Crippen LogP contribution in [0.15, 0.2) is 70.6 Å². The predicted molar refractivity (Wildman–Crippen MR) is 105 cm³/mol. The average molecular weight is 381 g/mol. The molecule has 0 saturated heterocycles. The van der Waals surface area contributed by atoms with E-state index >= 15 is 0 Å². The van der Waals surface area contributed by atoms with Crippen molar-refractivity contribution in [3.63, 3.8) is 0 Å². The Morgan fingerprint density at radius 1 is 1.00 bits per heavy atom. The normalized spacial score (nSPS) is 11.9. The highest BCUT2D eigenvalue weighted by Crippen LogP contribution is 2.33. The molecule has 0 bridgehead atoms. The maximum atomic E-state index is 13.4. The van der Waals surface area contributed by atoms with Crippen LogP contribution in [0.25, 0.3) is 21.7 Å². The Kier molecular flexibility index (Phi) is 4.55. The first-order valence-electron chi connectivity index (χ1n) is 8.60. The van der Waals surface area contributed by atoms with Crippen LogP contribution < -0.4 is 10.1 Å². The molecule has 4 aromatic rings. The molecule has 0 aliphatic carbocycles. The fourth-order valence-corrected chi connectivity index (χ4v) is 4.68. The summed E-state index contributed by atoms with van der Waals surface area (Å²) in [7, 11) is -1.96. The van der Waals surface area contributed by atoms with E-state index in [1.807, 2.05) is 37.4 Å². The minimum Gasteiger partial charge on any atom is -0.490 e. The summed E-state index contributed by atoms with van der Waals surface area (Å²) < 4.78 is 32.5. The van der Waals surface area contributed by atoms with Crippen molar-refractivity contribution < 1.29 is 13.2 Å². The van der Waals surface area contributed by atoms with Crippen molar-refractivity contribution in [2.24, 2.45) is 0 Å². The van der Waals surface area contributed by atoms with E-state index in [4.69, 9.17) is 4.74 Å². The number of aromatic amines is 1. The number of ether oxygens (including phenoxy) is 1. The fourth-order valence-electron chi connectivity index (χ4n) is 3.11. The Labute approximate surface area is 157 Å². The number of rotatable bonds is 6. The number of hydrogen-bond donors (Lipinski definition) is 2. The van der Waals surface area contributed by atoms with Crippen LogP contribution in [-0.4, -0.2) is 38.8 Å². The molecule has 6 nitrogen and oxygen atoms in total. The maximum Gasteiger partial charge on any atom is 0.226 e. The van der Waals surface area contributed by atoms with E-state index in [0.29, 0.717) is 35.2 Å². The average Bonchev–Trinajstić information content (AvgIpc) is 3.13. The van der Waals surface area contributed by atoms with Gasteiger partial charge in [0.05, 0.1) is 4.90 Å². The van der Waals surface area contributed by atoms with Gasteiger partial charge in [-0.2, -0.15) is 5.10 Å². The number of hydrogen-bond acceptors (Lipinski definition) is 5. The SMILES string of the molecule is CNCCOc1cccc2c(S(=O)(=O)c3cccc4ccccc34)n[nH]c12. The van der Waals surface area contributed by atoms with Gasteiger partial charge < -0.3 is 10.1 Å². The molecule has 0 amide bonds. The number of aromatic nitrogens is 2. The summed E-state index contributed by atoms with van der Waals surface area (Å²) >= 11 is 0. The minimum absolute atomic E-state index is 0.00733. The van der Waals surface area contributed by atoms with E-state index in [2.05, 4.69) is 15.5 Å². The van der Waals surface area contributed by atoms with Crippen molar-refractivity contribution in [3.8, 4) is 5.75 Å². The molecule has 3 aromatic carbocycles. The van der Waals surface area contributed by atoms with E-state index in [-0.39, 0.29) is 9.92 Å². The van der Waals surface area contributed by atoms with Gasteiger partial charge in [0.1, 0.15) is 17.9 Å². The van der Waals surface area contributed by atoms with Crippen LogP contribution in [0.4, 0.5) is 0 Å². The lowest BCUT2D eigenvalue weighted by Gasteiger charge is -2.08. The van der Waals surface area contributed by atoms with E-state index in [9.17, 15) is 8.42 Å². The second kappa shape index (κ2) is 7.02. The van der Waals surface area contributed by atoms with Crippen LogP contribution in [0.5, 0.6) is 5.75 Å². The zero-order valence-corrected chi connectivity index (χ0v) is 15.6. The number of nitrogens with zero attached hydrogens (tertiary/aromatic N) is 1. The Hall–Kier alpha value is -2.90. The molecule has 7 heteroatoms. The molecular formula is C20H19N3O3S. The first-order valence-corrected chi connectivity index (χ1v) is 10.1. The summed E-state index contributed by atoms with van der Waals surface area (Å²) in [6, 6.07) is 18.0. The molecule has 27 heavy (non-hydrogen) atoms. The van der Waals surface area contributed by atoms with Gasteiger partial charge in [-0.1, -0.05) is 42.5 Å². The molecule has 4 rings (SSSR count). The lowest BCUT2D eigenvalue weighted by atomic mass is 10.1. The van der Waals surface area contributed by atoms with Gasteiger partial charge in [-0.15, -0.1) is 0 Å². The molecule has 0 fully saturated rings. The van der Waals surface area contributed by atoms with Crippen LogP contribution in [0.1, 0.15) is 0 Å². The summed E-state index contributed by atoms with van der Waals surface area (Å²) in [6.45, 7) is 1.16. The highest BCUT2D eigenvalue weighted by molar-refractivity contribution is 7.91. The van der Waals surface area contributed by atoms with Gasteiger partial charge in [-0.3, -0.25) is 5.10 Å². The monoisotopic (exact) mass is 381 g/mol. The topological polar surface area (TPSA) is 84.1 Å². The zero-order valence-electron chi connectivity index (χ0n) is 14.8. The fraction of sp³-hybridized carbons (Fsp3) is 0.150. The smallest absolute Gasteiger partial charge is 0.226 e. The van der Waals surface area contributed by atoms with E-state index in [1.165, 1.54) is 0 Å². The first-order chi connectivity index (χ1) is 13.1. The molecule has 0 aliphatic rings. The maximum absolute atomic E-state index is 13.4. The quantitative estimate of drug-likeness (QED) is 0.501. The second-order valence-electron chi connectivity index (χ2n) is 6.14. The Morgan fingerprint density at radius 2 is 1.74 bits per heavy atom. The molecule has 0 unspecified atom stereocenters. The molecule has 1 aromatic heterocycles. The molecule has 0 aliphatic heterocycles. The number of nitrogens with one attached hydrogen (secondary N) is 2. The number of sulfone groups is 1. The third-order valence-electron chi connectivity index (χ3n) is 4.43. The lowest BCUT2D eigenvalue weighted by Crippen LogP contribution is -2.16. The van der Waals surface area contributed by atoms with Gasteiger partial charge in [0, 0.05) is 17.3 Å². The van der Waals surface area contributed by atoms with Crippen LogP contribution >= 0.6 is 0 Å². The van der Waals surface area contributed by atoms with Crippen molar-refractivity contribution in [2.45, 2.75) is 9.92 Å². The Bertz CT molecular complexity index is 1210. The van der Waals surface area contributed by atoms with Gasteiger partial charge >= 0.3 is 0 Å². The lowest BCUT2D eigenvalue weighted by molar-refractivity contribution is 0.321. The van der Waals surface area contributed by atoms with Gasteiger partial charge in [0.2, 0.25) is 9.84 Å². The molecule has 0 spiro atoms. The van der Waals surface area contributed by atoms with Crippen LogP contribution in [0, 0.1) is 0 Å². The zero-order chi connectivity index (χ0) is 18.9. The van der Waals surface area contributed by atoms with Crippen LogP contribution in [0.2, 0.25) is 0 Å². The molecule has 1 heterocycles. The third-order valence-corrected chi connectivity index (χ3v) is 6.18. The van der Waals surface area contributed by atoms with Crippen molar-refractivity contribution in [3.05, 3.63) is 60.7 Å². The predicted octanol–water partition coefficient (Wildman–Crippen LogP) is 3.15. The Balaban J connectivity index is 1.85. The van der Waals surface area contributed by atoms with Gasteiger partial charge in [0.15, 0.2) is 5.03 Å². The minimum atomic E-state index is -3.80. The highest BCUT2D eigenvalue weighted by Gasteiger charge is 2.26. The van der Waals surface area contributed by atoms with E-state index in [1.54, 1.807) is 30.3 Å². The van der Waals surface area contributed by atoms with E-state index < -0.39 is 9.84 Å². The second-order valence-corrected chi connectivity index (χ2v) is 7.97. The first kappa shape index (κ1) is 17.5. The van der Waals surface area contributed by atoms with Gasteiger partial charge in [-0.05, 0) is 30.6 Å². The number of H-pyrrole nitrogens is 1. The standard InChI is InChI=1S/C20H19N3O3S/c1-21-12-13-26-17-10-5-9-16-19(17)22-23-20(16)27(24,25)18-11-4-7-14-6-2-3-8-15(14)18/h2-11,21H,12-13H2,1H3,(H,22,23). The van der Waals surface area contributed by atoms with Crippen molar-refractivity contribution >= 4 is 31.5 Å². The molecule has 0 saturated carbocycles. The van der Waals surface area contributed by atoms with E-state index in [0.717, 1.165) is 5.39 Å². The highest BCUT2D eigenvalue weighted by atomic mass is 32.2. The Morgan fingerprint density at radius 3 is 2.59 bits per heavy atom. The van der Waals surface area contributed by atoms with Crippen molar-refractivity contribution in [1.29, 1.82) is 0 Å². The summed E-state index contributed by atoms with van der Waals surface area (Å²) in [6.07, 6.45) is 0. The number of likely N-dealkylation sites (N-methyl/N-ethyl adjacent to an activating group) is 1. The molecule has 2 N–H and O–H groups in total. The number of fused-ring (bicyclic) bond motifs is 2. The van der Waals surface area contributed by atoms with Gasteiger partial charge in [-0.25, -0.2) is 8.42 Å². The molecule has 0 atom stereocenters. The molecular weight excluding hydrogens is 362 g/mol. The summed E-state index contributed by atoms with van der Waals surface area (Å²) in [4.78, 5) is 0.246. The van der Waals surface area contributed by atoms with Crippen LogP contribution in [0.3, 0.4) is 0 Å². The largest absolute Gasteiger partial charge is 0.490 e. The summed E-state index contributed by atoms with van der Waals surface area (Å²) in [5.74, 6) is 0.578. The number of para-hydroxylation sites is 1. The van der Waals surface area contributed by atoms with Crippen molar-refractivity contribution in [1.82, 2.24) is 15.5 Å².